The molecule has 0 unspecified atom stereocenters. The third-order valence-electron chi connectivity index (χ3n) is 2.51. The molecule has 0 aliphatic rings. The average Bonchev–Trinajstić information content (AvgIpc) is 2.82. The Labute approximate surface area is 122 Å². The van der Waals surface area contributed by atoms with Crippen molar-refractivity contribution >= 4 is 27.5 Å². The van der Waals surface area contributed by atoms with E-state index in [1.807, 2.05) is 0 Å². The summed E-state index contributed by atoms with van der Waals surface area (Å²) in [7, 11) is 0. The van der Waals surface area contributed by atoms with Gasteiger partial charge in [-0.2, -0.15) is 0 Å². The van der Waals surface area contributed by atoms with E-state index in [-0.39, 0.29) is 17.8 Å². The van der Waals surface area contributed by atoms with Crippen molar-refractivity contribution in [3.8, 4) is 0 Å². The molecule has 1 aromatic heterocycles. The molecule has 8 heteroatoms. The summed E-state index contributed by atoms with van der Waals surface area (Å²) in [4.78, 5) is 22.2. The summed E-state index contributed by atoms with van der Waals surface area (Å²) in [5.41, 5.74) is 0.632. The third kappa shape index (κ3) is 3.21. The summed E-state index contributed by atoms with van der Waals surface area (Å²) in [6, 6.07) is 5.70. The number of aromatic nitrogens is 1. The van der Waals surface area contributed by atoms with Gasteiger partial charge in [-0.25, -0.2) is 0 Å². The summed E-state index contributed by atoms with van der Waals surface area (Å²) < 4.78 is 5.36. The molecule has 0 saturated carbocycles. The largest absolute Gasteiger partial charge is 0.361 e. The van der Waals surface area contributed by atoms with Crippen molar-refractivity contribution in [2.24, 2.45) is 0 Å². The van der Waals surface area contributed by atoms with Crippen LogP contribution in [0.1, 0.15) is 21.8 Å². The van der Waals surface area contributed by atoms with E-state index in [0.717, 1.165) is 0 Å². The lowest BCUT2D eigenvalue weighted by molar-refractivity contribution is -0.384. The molecule has 0 bridgehead atoms. The number of non-ortho nitro benzene ring substituents is 1. The molecular weight excluding hydrogens is 330 g/mol. The van der Waals surface area contributed by atoms with Crippen LogP contribution in [0.2, 0.25) is 0 Å². The predicted octanol–water partition coefficient (Wildman–Crippen LogP) is 2.58. The molecule has 1 amide bonds. The first-order valence-electron chi connectivity index (χ1n) is 5.61. The second-order valence-electron chi connectivity index (χ2n) is 4.03. The topological polar surface area (TPSA) is 98.3 Å². The molecule has 1 heterocycles. The Morgan fingerprint density at radius 1 is 1.50 bits per heavy atom. The molecule has 0 aliphatic carbocycles. The van der Waals surface area contributed by atoms with Crippen LogP contribution in [0.3, 0.4) is 0 Å². The van der Waals surface area contributed by atoms with Gasteiger partial charge in [0.1, 0.15) is 11.5 Å². The SMILES string of the molecule is Cc1cc(CNC(=O)c2cc([N+](=O)[O-])ccc2Br)no1. The summed E-state index contributed by atoms with van der Waals surface area (Å²) in [5, 5.41) is 17.1. The van der Waals surface area contributed by atoms with Crippen LogP contribution in [0.25, 0.3) is 0 Å². The first-order valence-corrected chi connectivity index (χ1v) is 6.41. The average molecular weight is 340 g/mol. The normalized spacial score (nSPS) is 10.3. The number of nitro benzene ring substituents is 1. The first kappa shape index (κ1) is 14.2. The monoisotopic (exact) mass is 339 g/mol. The minimum Gasteiger partial charge on any atom is -0.361 e. The molecule has 2 aromatic rings. The minimum atomic E-state index is -0.551. The molecule has 1 N–H and O–H groups in total. The number of hydrogen-bond acceptors (Lipinski definition) is 5. The molecule has 0 spiro atoms. The molecular formula is C12H10BrN3O4. The van der Waals surface area contributed by atoms with Crippen LogP contribution in [0.15, 0.2) is 33.3 Å². The zero-order valence-electron chi connectivity index (χ0n) is 10.4. The van der Waals surface area contributed by atoms with Gasteiger partial charge in [0.25, 0.3) is 11.6 Å². The van der Waals surface area contributed by atoms with Gasteiger partial charge in [-0.05, 0) is 28.9 Å². The number of carbonyl (C=O) groups is 1. The van der Waals surface area contributed by atoms with Gasteiger partial charge in [0.2, 0.25) is 0 Å². The Bertz CT molecular complexity index is 668. The van der Waals surface area contributed by atoms with Crippen molar-refractivity contribution in [1.29, 1.82) is 0 Å². The Morgan fingerprint density at radius 3 is 2.85 bits per heavy atom. The zero-order valence-corrected chi connectivity index (χ0v) is 12.0. The van der Waals surface area contributed by atoms with Gasteiger partial charge < -0.3 is 9.84 Å². The van der Waals surface area contributed by atoms with E-state index in [9.17, 15) is 14.9 Å². The van der Waals surface area contributed by atoms with Crippen LogP contribution in [0.4, 0.5) is 5.69 Å². The Hall–Kier alpha value is -2.22. The fraction of sp³-hybridized carbons (Fsp3) is 0.167. The van der Waals surface area contributed by atoms with Gasteiger partial charge in [-0.15, -0.1) is 0 Å². The number of rotatable bonds is 4. The maximum absolute atomic E-state index is 12.0. The lowest BCUT2D eigenvalue weighted by atomic mass is 10.2. The number of amides is 1. The second kappa shape index (κ2) is 5.83. The summed E-state index contributed by atoms with van der Waals surface area (Å²) in [6.45, 7) is 1.93. The highest BCUT2D eigenvalue weighted by Gasteiger charge is 2.15. The molecule has 20 heavy (non-hydrogen) atoms. The predicted molar refractivity (Wildman–Crippen MR) is 73.2 cm³/mol. The second-order valence-corrected chi connectivity index (χ2v) is 4.89. The van der Waals surface area contributed by atoms with Gasteiger partial charge in [-0.3, -0.25) is 14.9 Å². The van der Waals surface area contributed by atoms with E-state index in [1.54, 1.807) is 13.0 Å². The molecule has 104 valence electrons. The third-order valence-corrected chi connectivity index (χ3v) is 3.20. The molecule has 7 nitrogen and oxygen atoms in total. The molecule has 0 aliphatic heterocycles. The van der Waals surface area contributed by atoms with Gasteiger partial charge in [0.15, 0.2) is 0 Å². The Balaban J connectivity index is 2.12. The van der Waals surface area contributed by atoms with Crippen molar-refractivity contribution in [2.75, 3.05) is 0 Å². The molecule has 0 saturated heterocycles. The van der Waals surface area contributed by atoms with Crippen molar-refractivity contribution in [2.45, 2.75) is 13.5 Å². The van der Waals surface area contributed by atoms with E-state index >= 15 is 0 Å². The van der Waals surface area contributed by atoms with E-state index in [1.165, 1.54) is 18.2 Å². The number of carbonyl (C=O) groups excluding carboxylic acids is 1. The highest BCUT2D eigenvalue weighted by molar-refractivity contribution is 9.10. The number of nitro groups is 1. The molecule has 0 atom stereocenters. The van der Waals surface area contributed by atoms with Crippen molar-refractivity contribution < 1.29 is 14.2 Å². The summed E-state index contributed by atoms with van der Waals surface area (Å²) >= 11 is 3.19. The van der Waals surface area contributed by atoms with E-state index in [0.29, 0.717) is 15.9 Å². The lowest BCUT2D eigenvalue weighted by Crippen LogP contribution is -2.23. The van der Waals surface area contributed by atoms with Crippen molar-refractivity contribution in [1.82, 2.24) is 10.5 Å². The molecule has 2 rings (SSSR count). The highest BCUT2D eigenvalue weighted by Crippen LogP contribution is 2.22. The highest BCUT2D eigenvalue weighted by atomic mass is 79.9. The molecule has 0 radical (unpaired) electrons. The fourth-order valence-electron chi connectivity index (χ4n) is 1.57. The Kier molecular flexibility index (Phi) is 4.14. The standard InChI is InChI=1S/C12H10BrN3O4/c1-7-4-8(15-20-7)6-14-12(17)10-5-9(16(18)19)2-3-11(10)13/h2-5H,6H2,1H3,(H,14,17). The van der Waals surface area contributed by atoms with Crippen molar-refractivity contribution in [3.63, 3.8) is 0 Å². The Morgan fingerprint density at radius 2 is 2.25 bits per heavy atom. The van der Waals surface area contributed by atoms with Gasteiger partial charge in [-0.1, -0.05) is 5.16 Å². The van der Waals surface area contributed by atoms with Crippen LogP contribution < -0.4 is 5.32 Å². The van der Waals surface area contributed by atoms with Crippen LogP contribution >= 0.6 is 15.9 Å². The van der Waals surface area contributed by atoms with Crippen LogP contribution in [-0.4, -0.2) is 16.0 Å². The number of halogens is 1. The maximum Gasteiger partial charge on any atom is 0.270 e. The zero-order chi connectivity index (χ0) is 14.7. The van der Waals surface area contributed by atoms with Gasteiger partial charge >= 0.3 is 0 Å². The molecule has 1 aromatic carbocycles. The number of aryl methyl sites for hydroxylation is 1. The molecule has 0 fully saturated rings. The fourth-order valence-corrected chi connectivity index (χ4v) is 1.99. The first-order chi connectivity index (χ1) is 9.47. The van der Waals surface area contributed by atoms with Crippen LogP contribution in [0.5, 0.6) is 0 Å². The van der Waals surface area contributed by atoms with Crippen LogP contribution in [0, 0.1) is 17.0 Å². The summed E-state index contributed by atoms with van der Waals surface area (Å²) in [5.74, 6) is 0.215. The maximum atomic E-state index is 12.0. The number of benzene rings is 1. The summed E-state index contributed by atoms with van der Waals surface area (Å²) in [6.07, 6.45) is 0. The van der Waals surface area contributed by atoms with Gasteiger partial charge in [0.05, 0.1) is 17.0 Å². The smallest absolute Gasteiger partial charge is 0.270 e. The lowest BCUT2D eigenvalue weighted by Gasteiger charge is -2.05. The van der Waals surface area contributed by atoms with Crippen molar-refractivity contribution in [3.05, 3.63) is 55.9 Å². The van der Waals surface area contributed by atoms with E-state index in [4.69, 9.17) is 4.52 Å². The number of nitrogens with one attached hydrogen (secondary N) is 1. The minimum absolute atomic E-state index is 0.143. The van der Waals surface area contributed by atoms with Gasteiger partial charge in [0, 0.05) is 22.7 Å². The number of hydrogen-bond donors (Lipinski definition) is 1. The van der Waals surface area contributed by atoms with Crippen LogP contribution in [-0.2, 0) is 6.54 Å². The van der Waals surface area contributed by atoms with E-state index in [2.05, 4.69) is 26.4 Å². The number of nitrogens with zero attached hydrogens (tertiary/aromatic N) is 2. The quantitative estimate of drug-likeness (QED) is 0.681. The van der Waals surface area contributed by atoms with E-state index < -0.39 is 10.8 Å².